The van der Waals surface area contributed by atoms with Crippen molar-refractivity contribution in [1.29, 1.82) is 0 Å². The molecular formula is C117H90N18. The first-order valence-electron chi connectivity index (χ1n) is 44.6. The molecule has 12 aromatic heterocycles. The average molecular weight is 1750 g/mol. The molecule has 18 heteroatoms. The minimum absolute atomic E-state index is 0.0994. The minimum atomic E-state index is 0.0994. The first-order chi connectivity index (χ1) is 66.0. The van der Waals surface area contributed by atoms with Gasteiger partial charge in [-0.25, -0.2) is 44.9 Å². The Morgan fingerprint density at radius 3 is 0.578 bits per heavy atom. The van der Waals surface area contributed by atoms with Gasteiger partial charge in [0.1, 0.15) is 17.1 Å². The van der Waals surface area contributed by atoms with Crippen molar-refractivity contribution in [3.8, 4) is 204 Å². The maximum Gasteiger partial charge on any atom is 0.182 e. The fourth-order valence-electron chi connectivity index (χ4n) is 15.3. The highest BCUT2D eigenvalue weighted by atomic mass is 15.1. The van der Waals surface area contributed by atoms with Crippen molar-refractivity contribution in [1.82, 2.24) is 89.7 Å². The molecule has 0 aliphatic carbocycles. The zero-order valence-corrected chi connectivity index (χ0v) is 75.4. The highest BCUT2D eigenvalue weighted by molar-refractivity contribution is 5.77. The molecule has 0 atom stereocenters. The molecule has 0 bridgehead atoms. The van der Waals surface area contributed by atoms with Crippen molar-refractivity contribution in [3.05, 3.63) is 436 Å². The van der Waals surface area contributed by atoms with Crippen LogP contribution in [0.15, 0.2) is 420 Å². The molecule has 21 rings (SSSR count). The summed E-state index contributed by atoms with van der Waals surface area (Å²) in [6, 6.07) is 123. The summed E-state index contributed by atoms with van der Waals surface area (Å²) in [7, 11) is 0. The lowest BCUT2D eigenvalue weighted by atomic mass is 9.86. The third kappa shape index (κ3) is 20.8. The Morgan fingerprint density at radius 2 is 0.333 bits per heavy atom. The van der Waals surface area contributed by atoms with E-state index in [-0.39, 0.29) is 10.8 Å². The molecule has 21 aromatic rings. The normalized spacial score (nSPS) is 11.2. The molecule has 648 valence electrons. The summed E-state index contributed by atoms with van der Waals surface area (Å²) in [6.07, 6.45) is 16.1. The Bertz CT molecular complexity index is 6950. The SMILES string of the molecule is CC(C)(C)c1ccc(-c2ccc(-c3nc(-c4ccc(-c5ccccc5)cc4)nc(-c4ccc(-c5ccccc5)cc4)n3)cc2)cc1.CC(C)(C)c1ccc(-c2ccc(-c3nc(-c4ccc(-c5ccccc5)cn4)nc(-c4ccc(-c5ccccc5)cn4)n3)nc2)cc1.Cc1ccc(-c2ccc(-c3nc(-c4ccc(-c5ccccn5)nc4)nc(-c4ccc(-c5ccccn5)nc4)n3)cn2)nc1. The average Bonchev–Trinajstić information content (AvgIpc) is 0.794. The van der Waals surface area contributed by atoms with Crippen LogP contribution in [-0.4, -0.2) is 89.7 Å². The summed E-state index contributed by atoms with van der Waals surface area (Å²) in [4.78, 5) is 85.3. The first-order valence-corrected chi connectivity index (χ1v) is 44.6. The zero-order chi connectivity index (χ0) is 92.0. The molecule has 0 amide bonds. The standard InChI is InChI=1S/C43H35N3.C40H32N6.C34H23N9/c1-43(2,3)39-28-26-35(27-29-39)34-18-24-38(25-19-34)42-45-40(36-20-14-32(15-21-36)30-10-6-4-7-11-30)44-41(46-42)37-22-16-33(17-23-37)31-12-8-5-9-13-31;1-40(2,3)33-19-14-29(15-20-33)32-18-23-36(43-26-32)39-45-37(34-21-16-30(24-41-34)27-10-6-4-7-11-27)44-38(46-39)35-22-17-31(25-42-35)28-12-8-5-9-13-28;1-22-8-12-28(37-18-22)31-15-11-25(21-40-31)34-42-32(23-9-13-29(38-19-23)26-6-2-4-16-35-26)41-33(43-34)24-10-14-30(39-20-24)27-7-3-5-17-36-27/h4-29H,1-3H3;4-26H,1-3H3;2-21H,1H3. The second-order valence-electron chi connectivity index (χ2n) is 34.5. The van der Waals surface area contributed by atoms with Gasteiger partial charge in [-0.3, -0.25) is 44.9 Å². The van der Waals surface area contributed by atoms with E-state index in [1.54, 1.807) is 31.0 Å². The van der Waals surface area contributed by atoms with Crippen LogP contribution in [0.3, 0.4) is 0 Å². The second kappa shape index (κ2) is 39.4. The van der Waals surface area contributed by atoms with E-state index in [2.05, 4.69) is 272 Å². The van der Waals surface area contributed by atoms with Crippen molar-refractivity contribution < 1.29 is 0 Å². The molecule has 12 heterocycles. The van der Waals surface area contributed by atoms with Crippen molar-refractivity contribution in [3.63, 3.8) is 0 Å². The summed E-state index contributed by atoms with van der Waals surface area (Å²) in [6.45, 7) is 15.4. The second-order valence-corrected chi connectivity index (χ2v) is 34.5. The number of nitrogens with zero attached hydrogens (tertiary/aromatic N) is 18. The molecule has 0 saturated carbocycles. The van der Waals surface area contributed by atoms with Gasteiger partial charge in [-0.1, -0.05) is 321 Å². The predicted octanol–water partition coefficient (Wildman–Crippen LogP) is 27.1. The Kier molecular flexibility index (Phi) is 25.3. The molecule has 135 heavy (non-hydrogen) atoms. The van der Waals surface area contributed by atoms with Crippen LogP contribution >= 0.6 is 0 Å². The van der Waals surface area contributed by atoms with Crippen molar-refractivity contribution in [2.45, 2.75) is 59.3 Å². The molecule has 0 aliphatic rings. The Hall–Kier alpha value is -17.6. The van der Waals surface area contributed by atoms with E-state index in [1.165, 1.54) is 27.8 Å². The topological polar surface area (TPSA) is 232 Å². The molecule has 9 aromatic carbocycles. The highest BCUT2D eigenvalue weighted by Gasteiger charge is 2.22. The van der Waals surface area contributed by atoms with Gasteiger partial charge in [0, 0.05) is 106 Å². The van der Waals surface area contributed by atoms with E-state index in [0.29, 0.717) is 69.5 Å². The quantitative estimate of drug-likeness (QED) is 0.0777. The molecular weight excluding hydrogens is 1660 g/mol. The largest absolute Gasteiger partial charge is 0.255 e. The maximum atomic E-state index is 4.99. The lowest BCUT2D eigenvalue weighted by Gasteiger charge is -2.19. The van der Waals surface area contributed by atoms with Crippen LogP contribution in [0.5, 0.6) is 0 Å². The van der Waals surface area contributed by atoms with Crippen LogP contribution in [0.2, 0.25) is 0 Å². The number of pyridine rings is 9. The number of aromatic nitrogens is 18. The van der Waals surface area contributed by atoms with Gasteiger partial charge in [0.2, 0.25) is 0 Å². The van der Waals surface area contributed by atoms with Gasteiger partial charge in [0.25, 0.3) is 0 Å². The molecule has 0 N–H and O–H groups in total. The zero-order valence-electron chi connectivity index (χ0n) is 75.4. The van der Waals surface area contributed by atoms with Gasteiger partial charge in [0.05, 0.1) is 34.2 Å². The van der Waals surface area contributed by atoms with E-state index >= 15 is 0 Å². The van der Waals surface area contributed by atoms with Crippen LogP contribution in [0.25, 0.3) is 204 Å². The number of rotatable bonds is 18. The predicted molar refractivity (Wildman–Crippen MR) is 540 cm³/mol. The minimum Gasteiger partial charge on any atom is -0.255 e. The number of benzene rings is 9. The van der Waals surface area contributed by atoms with Gasteiger partial charge >= 0.3 is 0 Å². The van der Waals surface area contributed by atoms with E-state index in [1.807, 2.05) is 196 Å². The Balaban J connectivity index is 0.000000130. The van der Waals surface area contributed by atoms with Gasteiger partial charge in [0.15, 0.2) is 52.4 Å². The summed E-state index contributed by atoms with van der Waals surface area (Å²) in [5.74, 6) is 4.76. The van der Waals surface area contributed by atoms with Gasteiger partial charge in [-0.2, -0.15) is 0 Å². The summed E-state index contributed by atoms with van der Waals surface area (Å²) < 4.78 is 0. The van der Waals surface area contributed by atoms with Crippen molar-refractivity contribution in [2.24, 2.45) is 0 Å². The van der Waals surface area contributed by atoms with Crippen LogP contribution in [0, 0.1) is 6.92 Å². The van der Waals surface area contributed by atoms with E-state index < -0.39 is 0 Å². The third-order valence-corrected chi connectivity index (χ3v) is 23.0. The number of aryl methyl sites for hydroxylation is 1. The van der Waals surface area contributed by atoms with Gasteiger partial charge in [-0.15, -0.1) is 0 Å². The molecule has 18 nitrogen and oxygen atoms in total. The monoisotopic (exact) mass is 1750 g/mol. The molecule has 0 saturated heterocycles. The van der Waals surface area contributed by atoms with E-state index in [9.17, 15) is 0 Å². The lowest BCUT2D eigenvalue weighted by Crippen LogP contribution is -2.10. The van der Waals surface area contributed by atoms with Crippen LogP contribution in [0.1, 0.15) is 58.2 Å². The lowest BCUT2D eigenvalue weighted by molar-refractivity contribution is 0.590. The third-order valence-electron chi connectivity index (χ3n) is 23.0. The fourth-order valence-corrected chi connectivity index (χ4v) is 15.3. The molecule has 0 fully saturated rings. The smallest absolute Gasteiger partial charge is 0.182 e. The molecule has 0 radical (unpaired) electrons. The van der Waals surface area contributed by atoms with E-state index in [4.69, 9.17) is 59.8 Å². The number of hydrogen-bond donors (Lipinski definition) is 0. The van der Waals surface area contributed by atoms with Crippen LogP contribution in [0.4, 0.5) is 0 Å². The van der Waals surface area contributed by atoms with Crippen LogP contribution in [-0.2, 0) is 10.8 Å². The molecule has 0 unspecified atom stereocenters. The first kappa shape index (κ1) is 86.7. The van der Waals surface area contributed by atoms with Gasteiger partial charge < -0.3 is 0 Å². The molecule has 0 spiro atoms. The highest BCUT2D eigenvalue weighted by Crippen LogP contribution is 2.36. The molecule has 0 aliphatic heterocycles. The number of hydrogen-bond acceptors (Lipinski definition) is 18. The Labute approximate surface area is 784 Å². The van der Waals surface area contributed by atoms with Crippen molar-refractivity contribution >= 4 is 0 Å². The summed E-state index contributed by atoms with van der Waals surface area (Å²) in [5, 5.41) is 0. The fraction of sp³-hybridized carbons (Fsp3) is 0.0769. The van der Waals surface area contributed by atoms with Crippen molar-refractivity contribution in [2.75, 3.05) is 0 Å². The summed E-state index contributed by atoms with van der Waals surface area (Å²) in [5.41, 5.74) is 29.0. The van der Waals surface area contributed by atoms with Crippen LogP contribution < -0.4 is 0 Å². The maximum absolute atomic E-state index is 4.99. The van der Waals surface area contributed by atoms with Gasteiger partial charge in [-0.05, 0) is 169 Å². The van der Waals surface area contributed by atoms with E-state index in [0.717, 1.165) is 123 Å². The summed E-state index contributed by atoms with van der Waals surface area (Å²) >= 11 is 0. The Morgan fingerprint density at radius 1 is 0.141 bits per heavy atom.